The van der Waals surface area contributed by atoms with E-state index in [0.29, 0.717) is 62.9 Å². The standard InChI is InChI=1S/C94H136N10O28/c1-8-55(4)87(81(117)45-63(39-60-24-29-67(109)30-25-60)90(128)99-73(38-54(2)3)77(113)43-64(47-85(122)123)89(127)98-56(5)18-14-16-34-95)103-92(130)66(52-105)46-78(114)74(41-61-26-31-68(110)32-27-61)100-91(129)65(48-86(124)125)44-79(115)76(53-106)102-94(132)72(58(7)108)50-80(116)75(40-59-19-10-9-11-20-59)101-93(131)71(57(6)107)49-70(112)51-97-88(126)62(28-33-84(120)121)42-69(111)21-12-13-22-82(118)96-35-37-104-36-17-15-23-83(104)119/h9-11,19-20,24-27,29-32,54-58,62-66,71-76,87,105-110H,8,12-18,21-23,28,33-53,95H2,1-7H3,(H,96,118)(H,97,126)(H,98,127)(H,99,128)(H,100,129)(H,101,131)(H,102,132)(H,103,130)(H,120,121)(H,122,123)(H,124,125)/t55-,56+,57+,58+,62+,63+,64-,65-,66-,71-,72-,73-,74-,75-,76-,87-/m0/s1. The fourth-order valence-corrected chi connectivity index (χ4v) is 15.4. The van der Waals surface area contributed by atoms with Crippen LogP contribution in [0.1, 0.15) is 213 Å². The second kappa shape index (κ2) is 59.0. The zero-order chi connectivity index (χ0) is 98.4. The van der Waals surface area contributed by atoms with Gasteiger partial charge in [-0.1, -0.05) is 95.1 Å². The van der Waals surface area contributed by atoms with E-state index < -0.39 is 280 Å². The van der Waals surface area contributed by atoms with Crippen LogP contribution < -0.4 is 48.3 Å². The maximum atomic E-state index is 14.9. The van der Waals surface area contributed by atoms with E-state index in [1.54, 1.807) is 69.9 Å². The number of carboxylic acid groups (broad SMARTS) is 3. The lowest BCUT2D eigenvalue weighted by atomic mass is 9.85. The molecule has 0 aliphatic carbocycles. The van der Waals surface area contributed by atoms with Gasteiger partial charge in [-0.2, -0.15) is 0 Å². The number of aliphatic hydroxyl groups excluding tert-OH is 4. The predicted molar refractivity (Wildman–Crippen MR) is 478 cm³/mol. The summed E-state index contributed by atoms with van der Waals surface area (Å²) in [6.45, 7) is 9.46. The third-order valence-corrected chi connectivity index (χ3v) is 23.4. The molecule has 9 amide bonds. The fraction of sp³-hybridized carbons (Fsp3) is 0.606. The van der Waals surface area contributed by atoms with Crippen LogP contribution in [0.4, 0.5) is 0 Å². The number of ketones is 7. The molecule has 0 aromatic heterocycles. The van der Waals surface area contributed by atoms with E-state index in [0.717, 1.165) is 19.8 Å². The Morgan fingerprint density at radius 1 is 0.432 bits per heavy atom. The van der Waals surface area contributed by atoms with Crippen molar-refractivity contribution in [3.63, 3.8) is 0 Å². The second-order valence-corrected chi connectivity index (χ2v) is 35.0. The average Bonchev–Trinajstić information content (AvgIpc) is 0.830. The Morgan fingerprint density at radius 2 is 0.917 bits per heavy atom. The first-order valence-corrected chi connectivity index (χ1v) is 45.3. The van der Waals surface area contributed by atoms with E-state index in [-0.39, 0.29) is 98.7 Å². The molecule has 19 N–H and O–H groups in total. The lowest BCUT2D eigenvalue weighted by molar-refractivity contribution is -0.143. The van der Waals surface area contributed by atoms with Gasteiger partial charge in [0.15, 0.2) is 34.7 Å². The first-order valence-electron chi connectivity index (χ1n) is 45.3. The summed E-state index contributed by atoms with van der Waals surface area (Å²) >= 11 is 0. The number of carbonyl (C=O) groups is 19. The molecular weight excluding hydrogens is 1720 g/mol. The Balaban J connectivity index is 1.52. The predicted octanol–water partition coefficient (Wildman–Crippen LogP) is 2.67. The zero-order valence-electron chi connectivity index (χ0n) is 76.5. The summed E-state index contributed by atoms with van der Waals surface area (Å²) in [5.74, 6) is -29.4. The van der Waals surface area contributed by atoms with Gasteiger partial charge in [0.1, 0.15) is 23.3 Å². The van der Waals surface area contributed by atoms with Gasteiger partial charge in [0.25, 0.3) is 0 Å². The van der Waals surface area contributed by atoms with Crippen molar-refractivity contribution < 1.29 is 137 Å². The van der Waals surface area contributed by atoms with Crippen molar-refractivity contribution in [2.45, 2.75) is 264 Å². The summed E-state index contributed by atoms with van der Waals surface area (Å²) in [5.41, 5.74) is 6.78. The monoisotopic (exact) mass is 1850 g/mol. The van der Waals surface area contributed by atoms with Gasteiger partial charge in [0.2, 0.25) is 53.2 Å². The molecule has 16 atom stereocenters. The van der Waals surface area contributed by atoms with E-state index in [1.807, 2.05) is 0 Å². The van der Waals surface area contributed by atoms with Crippen LogP contribution in [-0.4, -0.2) is 257 Å². The number of aliphatic carboxylic acids is 3. The smallest absolute Gasteiger partial charge is 0.304 e. The van der Waals surface area contributed by atoms with Gasteiger partial charge in [0.05, 0.1) is 98.6 Å². The first kappa shape index (κ1) is 113. The Bertz CT molecular complexity index is 4350. The molecule has 1 saturated heterocycles. The van der Waals surface area contributed by atoms with Gasteiger partial charge < -0.3 is 99.1 Å². The number of aromatic hydroxyl groups is 2. The van der Waals surface area contributed by atoms with Crippen LogP contribution in [0.5, 0.6) is 11.5 Å². The van der Waals surface area contributed by atoms with E-state index in [4.69, 9.17) is 5.73 Å². The van der Waals surface area contributed by atoms with Gasteiger partial charge in [-0.05, 0) is 151 Å². The summed E-state index contributed by atoms with van der Waals surface area (Å²) in [6.07, 6.45) is -7.21. The van der Waals surface area contributed by atoms with Crippen LogP contribution in [0.3, 0.4) is 0 Å². The third-order valence-electron chi connectivity index (χ3n) is 23.4. The summed E-state index contributed by atoms with van der Waals surface area (Å²) < 4.78 is 0. The molecule has 3 aromatic rings. The minimum atomic E-state index is -1.99. The maximum Gasteiger partial charge on any atom is 0.304 e. The van der Waals surface area contributed by atoms with Crippen molar-refractivity contribution in [2.75, 3.05) is 45.9 Å². The number of piperidine rings is 1. The molecule has 38 nitrogen and oxygen atoms in total. The number of nitrogens with one attached hydrogen (secondary N) is 8. The second-order valence-electron chi connectivity index (χ2n) is 35.0. The molecule has 3 aromatic carbocycles. The highest BCUT2D eigenvalue weighted by Crippen LogP contribution is 2.27. The molecular formula is C94H136N10O28. The van der Waals surface area contributed by atoms with Crippen molar-refractivity contribution in [3.8, 4) is 11.5 Å². The van der Waals surface area contributed by atoms with E-state index in [1.165, 1.54) is 55.5 Å². The first-order chi connectivity index (χ1) is 62.4. The van der Waals surface area contributed by atoms with Crippen LogP contribution in [-0.2, 0) is 110 Å². The number of aliphatic hydroxyl groups is 4. The molecule has 0 radical (unpaired) electrons. The van der Waals surface area contributed by atoms with Gasteiger partial charge in [-0.15, -0.1) is 0 Å². The summed E-state index contributed by atoms with van der Waals surface area (Å²) in [7, 11) is 0. The van der Waals surface area contributed by atoms with Gasteiger partial charge in [-0.3, -0.25) is 91.1 Å². The highest BCUT2D eigenvalue weighted by molar-refractivity contribution is 6.01. The van der Waals surface area contributed by atoms with Crippen LogP contribution in [0.2, 0.25) is 0 Å². The maximum absolute atomic E-state index is 14.9. The Kier molecular flexibility index (Phi) is 50.4. The minimum absolute atomic E-state index is 0.0261. The lowest BCUT2D eigenvalue weighted by Gasteiger charge is -2.28. The topological polar surface area (TPSA) is 632 Å². The number of amides is 9. The lowest BCUT2D eigenvalue weighted by Crippen LogP contribution is -2.52. The number of hydrogen-bond acceptors (Lipinski definition) is 26. The number of carbonyl (C=O) groups excluding carboxylic acids is 16. The van der Waals surface area contributed by atoms with E-state index in [9.17, 15) is 137 Å². The van der Waals surface area contributed by atoms with Gasteiger partial charge >= 0.3 is 17.9 Å². The Labute approximate surface area is 768 Å². The largest absolute Gasteiger partial charge is 0.508 e. The van der Waals surface area contributed by atoms with Crippen LogP contribution in [0.25, 0.3) is 0 Å². The highest BCUT2D eigenvalue weighted by Gasteiger charge is 2.41. The third kappa shape index (κ3) is 41.9. The zero-order valence-corrected chi connectivity index (χ0v) is 76.5. The summed E-state index contributed by atoms with van der Waals surface area (Å²) in [5, 5.41) is 114. The molecule has 0 spiro atoms. The number of likely N-dealkylation sites (tertiary alicyclic amines) is 1. The van der Waals surface area contributed by atoms with Crippen molar-refractivity contribution in [3.05, 3.63) is 95.6 Å². The molecule has 38 heteroatoms. The molecule has 0 unspecified atom stereocenters. The van der Waals surface area contributed by atoms with E-state index >= 15 is 0 Å². The molecule has 132 heavy (non-hydrogen) atoms. The SMILES string of the molecule is CC[C@H](C)[C@H](NC(=O)[C@H](CO)CC(=O)[C@H](Cc1ccc(O)cc1)NC(=O)[C@H](CC(=O)O)CC(=O)[C@H](CO)NC(=O)[C@@H](CC(=O)[C@H](Cc1ccccc1)NC(=O)[C@@H](CC(=O)CNC(=O)[C@H](CCC(=O)O)CC(=O)CCCCC(=O)NCCN1CCCCC1=O)[C@@H](C)O)[C@@H](C)O)C(=O)C[C@@H](Cc1ccc(O)cc1)C(=O)N[C@@H](CC(C)C)C(=O)C[C@@H](CC(=O)O)C(=O)N[C@H](C)CCCCN. The number of phenolic OH excluding ortho intramolecular Hbond substituents is 2. The molecule has 0 saturated carbocycles. The van der Waals surface area contributed by atoms with Crippen LogP contribution in [0, 0.1) is 53.3 Å². The number of unbranched alkanes of at least 4 members (excludes halogenated alkanes) is 2. The Hall–Kier alpha value is -11.6. The molecule has 4 rings (SSSR count). The number of nitrogens with zero attached hydrogens (tertiary/aromatic N) is 1. The number of carboxylic acids is 3. The van der Waals surface area contributed by atoms with Gasteiger partial charge in [-0.25, -0.2) is 0 Å². The summed E-state index contributed by atoms with van der Waals surface area (Å²) in [6, 6.07) is 10.5. The molecule has 1 aliphatic heterocycles. The normalized spacial score (nSPS) is 15.7. The number of Topliss-reactive ketones (excluding diaryl/α,β-unsaturated/α-hetero) is 7. The van der Waals surface area contributed by atoms with Crippen molar-refractivity contribution in [2.24, 2.45) is 59.0 Å². The number of phenols is 2. The van der Waals surface area contributed by atoms with Crippen molar-refractivity contribution >= 4 is 112 Å². The number of hydrogen-bond donors (Lipinski definition) is 18. The van der Waals surface area contributed by atoms with E-state index in [2.05, 4.69) is 42.5 Å². The Morgan fingerprint density at radius 3 is 1.45 bits per heavy atom. The number of nitrogens with two attached hydrogens (primary N) is 1. The number of rotatable bonds is 67. The summed E-state index contributed by atoms with van der Waals surface area (Å²) in [4.78, 5) is 261. The minimum Gasteiger partial charge on any atom is -0.508 e. The quantitative estimate of drug-likeness (QED) is 0.0361. The fourth-order valence-electron chi connectivity index (χ4n) is 15.4. The highest BCUT2D eigenvalue weighted by atomic mass is 16.4. The van der Waals surface area contributed by atoms with Crippen molar-refractivity contribution in [1.82, 2.24) is 47.4 Å². The van der Waals surface area contributed by atoms with Gasteiger partial charge in [0, 0.05) is 108 Å². The molecule has 1 heterocycles. The average molecular weight is 1850 g/mol. The molecule has 1 fully saturated rings. The molecule has 1 aliphatic rings. The number of benzene rings is 3. The van der Waals surface area contributed by atoms with Crippen LogP contribution >= 0.6 is 0 Å². The van der Waals surface area contributed by atoms with Crippen molar-refractivity contribution in [1.29, 1.82) is 0 Å². The molecule has 730 valence electrons. The molecule has 0 bridgehead atoms. The van der Waals surface area contributed by atoms with Crippen LogP contribution in [0.15, 0.2) is 78.9 Å².